The average Bonchev–Trinajstić information content (AvgIpc) is 3.06. The molecular formula is C13H16N2O6. The van der Waals surface area contributed by atoms with E-state index >= 15 is 0 Å². The van der Waals surface area contributed by atoms with Crippen molar-refractivity contribution in [2.75, 3.05) is 20.1 Å². The van der Waals surface area contributed by atoms with E-state index in [0.717, 1.165) is 9.80 Å². The van der Waals surface area contributed by atoms with Crippen molar-refractivity contribution < 1.29 is 29.0 Å². The molecule has 2 rings (SSSR count). The summed E-state index contributed by atoms with van der Waals surface area (Å²) >= 11 is 0. The third kappa shape index (κ3) is 3.22. The second-order valence-corrected chi connectivity index (χ2v) is 4.93. The van der Waals surface area contributed by atoms with Gasteiger partial charge in [-0.15, -0.1) is 0 Å². The van der Waals surface area contributed by atoms with E-state index in [2.05, 4.69) is 0 Å². The fourth-order valence-electron chi connectivity index (χ4n) is 2.28. The molecule has 1 aromatic rings. The summed E-state index contributed by atoms with van der Waals surface area (Å²) in [5, 5.41) is 18.6. The third-order valence-corrected chi connectivity index (χ3v) is 3.34. The minimum absolute atomic E-state index is 0.00306. The van der Waals surface area contributed by atoms with Crippen LogP contribution in [-0.4, -0.2) is 70.1 Å². The van der Waals surface area contributed by atoms with Crippen molar-refractivity contribution in [2.45, 2.75) is 18.6 Å². The van der Waals surface area contributed by atoms with Crippen LogP contribution in [-0.2, 0) is 9.59 Å². The molecule has 114 valence electrons. The number of amides is 2. The van der Waals surface area contributed by atoms with Gasteiger partial charge in [0.15, 0.2) is 5.76 Å². The number of β-amino-alcohol motifs (C(OH)–C–C–N with tert-alkyl or cyclic N) is 1. The van der Waals surface area contributed by atoms with E-state index in [9.17, 15) is 19.5 Å². The Bertz CT molecular complexity index is 541. The van der Waals surface area contributed by atoms with E-state index in [1.165, 1.54) is 19.4 Å². The zero-order chi connectivity index (χ0) is 15.6. The molecule has 2 N–H and O–H groups in total. The van der Waals surface area contributed by atoms with Crippen molar-refractivity contribution in [1.29, 1.82) is 0 Å². The molecule has 1 aliphatic rings. The second-order valence-electron chi connectivity index (χ2n) is 4.93. The van der Waals surface area contributed by atoms with Crippen LogP contribution >= 0.6 is 0 Å². The molecular weight excluding hydrogens is 280 g/mol. The molecule has 0 bridgehead atoms. The van der Waals surface area contributed by atoms with Gasteiger partial charge in [0.2, 0.25) is 5.91 Å². The highest BCUT2D eigenvalue weighted by Crippen LogP contribution is 2.18. The lowest BCUT2D eigenvalue weighted by molar-refractivity contribution is -0.148. The van der Waals surface area contributed by atoms with Gasteiger partial charge in [-0.05, 0) is 12.1 Å². The molecule has 2 heterocycles. The lowest BCUT2D eigenvalue weighted by Crippen LogP contribution is -2.46. The molecule has 0 spiro atoms. The first-order valence-corrected chi connectivity index (χ1v) is 6.39. The highest BCUT2D eigenvalue weighted by molar-refractivity contribution is 5.94. The molecule has 2 amide bonds. The molecule has 8 nitrogen and oxygen atoms in total. The van der Waals surface area contributed by atoms with Gasteiger partial charge in [0.1, 0.15) is 6.04 Å². The molecule has 0 aromatic carbocycles. The fraction of sp³-hybridized carbons (Fsp3) is 0.462. The Balaban J connectivity index is 2.00. The number of aliphatic carboxylic acids is 1. The number of nitrogens with zero attached hydrogens (tertiary/aromatic N) is 2. The molecule has 1 fully saturated rings. The number of aliphatic hydroxyl groups is 1. The van der Waals surface area contributed by atoms with Gasteiger partial charge < -0.3 is 24.4 Å². The van der Waals surface area contributed by atoms with Crippen LogP contribution in [0.1, 0.15) is 17.0 Å². The Morgan fingerprint density at radius 3 is 2.76 bits per heavy atom. The zero-order valence-corrected chi connectivity index (χ0v) is 11.4. The Morgan fingerprint density at radius 2 is 2.19 bits per heavy atom. The molecule has 2 atom stereocenters. The largest absolute Gasteiger partial charge is 0.480 e. The summed E-state index contributed by atoms with van der Waals surface area (Å²) in [6.07, 6.45) is 0.484. The maximum Gasteiger partial charge on any atom is 0.326 e. The van der Waals surface area contributed by atoms with Crippen molar-refractivity contribution in [3.05, 3.63) is 24.2 Å². The minimum atomic E-state index is -1.17. The number of hydrogen-bond acceptors (Lipinski definition) is 5. The highest BCUT2D eigenvalue weighted by atomic mass is 16.4. The first-order valence-electron chi connectivity index (χ1n) is 6.39. The normalized spacial score (nSPS) is 21.3. The van der Waals surface area contributed by atoms with Crippen molar-refractivity contribution >= 4 is 17.8 Å². The zero-order valence-electron chi connectivity index (χ0n) is 11.4. The van der Waals surface area contributed by atoms with Gasteiger partial charge in [-0.2, -0.15) is 0 Å². The fourth-order valence-corrected chi connectivity index (χ4v) is 2.28. The van der Waals surface area contributed by atoms with Crippen LogP contribution in [0.2, 0.25) is 0 Å². The summed E-state index contributed by atoms with van der Waals surface area (Å²) in [6.45, 7) is -0.325. The van der Waals surface area contributed by atoms with Gasteiger partial charge in [0, 0.05) is 20.0 Å². The average molecular weight is 296 g/mol. The number of likely N-dealkylation sites (tertiary alicyclic amines) is 1. The van der Waals surface area contributed by atoms with Gasteiger partial charge in [-0.3, -0.25) is 9.59 Å². The quantitative estimate of drug-likeness (QED) is 0.767. The van der Waals surface area contributed by atoms with Crippen LogP contribution in [0.15, 0.2) is 22.8 Å². The van der Waals surface area contributed by atoms with Crippen molar-refractivity contribution in [2.24, 2.45) is 0 Å². The lowest BCUT2D eigenvalue weighted by Gasteiger charge is -2.24. The van der Waals surface area contributed by atoms with E-state index in [4.69, 9.17) is 9.52 Å². The summed E-state index contributed by atoms with van der Waals surface area (Å²) in [6, 6.07) is 1.97. The van der Waals surface area contributed by atoms with Gasteiger partial charge in [0.25, 0.3) is 5.91 Å². The maximum atomic E-state index is 12.1. The van der Waals surface area contributed by atoms with Crippen molar-refractivity contribution in [3.63, 3.8) is 0 Å². The summed E-state index contributed by atoms with van der Waals surface area (Å²) in [5.74, 6) is -2.07. The topological polar surface area (TPSA) is 111 Å². The SMILES string of the molecule is CN(CC(=O)N1CC(O)C[C@H]1C(=O)O)C(=O)c1ccco1. The van der Waals surface area contributed by atoms with Crippen LogP contribution in [0, 0.1) is 0 Å². The van der Waals surface area contributed by atoms with Gasteiger partial charge in [-0.25, -0.2) is 4.79 Å². The molecule has 1 aromatic heterocycles. The molecule has 1 saturated heterocycles. The van der Waals surface area contributed by atoms with E-state index in [1.807, 2.05) is 0 Å². The third-order valence-electron chi connectivity index (χ3n) is 3.34. The number of carboxylic acid groups (broad SMARTS) is 1. The predicted molar refractivity (Wildman–Crippen MR) is 69.4 cm³/mol. The Labute approximate surface area is 120 Å². The number of carbonyl (C=O) groups excluding carboxylic acids is 2. The molecule has 0 radical (unpaired) electrons. The molecule has 0 aliphatic carbocycles. The van der Waals surface area contributed by atoms with Crippen molar-refractivity contribution in [1.82, 2.24) is 9.80 Å². The van der Waals surface area contributed by atoms with Crippen LogP contribution < -0.4 is 0 Å². The number of carboxylic acids is 1. The molecule has 1 unspecified atom stereocenters. The lowest BCUT2D eigenvalue weighted by atomic mass is 10.2. The molecule has 0 saturated carbocycles. The molecule has 1 aliphatic heterocycles. The Morgan fingerprint density at radius 1 is 1.48 bits per heavy atom. The van der Waals surface area contributed by atoms with Gasteiger partial charge in [-0.1, -0.05) is 0 Å². The standard InChI is InChI=1S/C13H16N2O6/c1-14(12(18)10-3-2-4-21-10)7-11(17)15-6-8(16)5-9(15)13(19)20/h2-4,8-9,16H,5-7H2,1H3,(H,19,20)/t8?,9-/m0/s1. The molecule has 8 heteroatoms. The highest BCUT2D eigenvalue weighted by Gasteiger charge is 2.39. The van der Waals surface area contributed by atoms with Gasteiger partial charge in [0.05, 0.1) is 18.9 Å². The van der Waals surface area contributed by atoms with Crippen molar-refractivity contribution in [3.8, 4) is 0 Å². The van der Waals surface area contributed by atoms with Crippen LogP contribution in [0.5, 0.6) is 0 Å². The first-order chi connectivity index (χ1) is 9.90. The number of aliphatic hydroxyl groups excluding tert-OH is 1. The maximum absolute atomic E-state index is 12.1. The summed E-state index contributed by atoms with van der Waals surface area (Å²) < 4.78 is 4.95. The number of hydrogen-bond donors (Lipinski definition) is 2. The number of furan rings is 1. The minimum Gasteiger partial charge on any atom is -0.480 e. The number of rotatable bonds is 4. The summed E-state index contributed by atoms with van der Waals surface area (Å²) in [4.78, 5) is 37.3. The Kier molecular flexibility index (Phi) is 4.27. The van der Waals surface area contributed by atoms with Gasteiger partial charge >= 0.3 is 5.97 Å². The molecule has 21 heavy (non-hydrogen) atoms. The predicted octanol–water partition coefficient (Wildman–Crippen LogP) is -0.602. The van der Waals surface area contributed by atoms with E-state index in [-0.39, 0.29) is 25.3 Å². The monoisotopic (exact) mass is 296 g/mol. The van der Waals surface area contributed by atoms with E-state index in [1.54, 1.807) is 6.07 Å². The summed E-state index contributed by atoms with van der Waals surface area (Å²) in [7, 11) is 1.42. The smallest absolute Gasteiger partial charge is 0.326 e. The summed E-state index contributed by atoms with van der Waals surface area (Å²) in [5.41, 5.74) is 0. The van der Waals surface area contributed by atoms with Crippen LogP contribution in [0.25, 0.3) is 0 Å². The second kappa shape index (κ2) is 5.96. The first kappa shape index (κ1) is 15.0. The number of carbonyl (C=O) groups is 3. The number of likely N-dealkylation sites (N-methyl/N-ethyl adjacent to an activating group) is 1. The van der Waals surface area contributed by atoms with Crippen LogP contribution in [0.4, 0.5) is 0 Å². The van der Waals surface area contributed by atoms with Crippen LogP contribution in [0.3, 0.4) is 0 Å². The van der Waals surface area contributed by atoms with E-state index < -0.39 is 29.9 Å². The van der Waals surface area contributed by atoms with E-state index in [0.29, 0.717) is 0 Å². The Hall–Kier alpha value is -2.35.